The van der Waals surface area contributed by atoms with Crippen molar-refractivity contribution in [3.63, 3.8) is 0 Å². The highest BCUT2D eigenvalue weighted by Crippen LogP contribution is 2.42. The Hall–Kier alpha value is -3.18. The summed E-state index contributed by atoms with van der Waals surface area (Å²) in [5, 5.41) is 39.0. The van der Waals surface area contributed by atoms with Crippen LogP contribution in [0, 0.1) is 25.4 Å². The lowest BCUT2D eigenvalue weighted by Gasteiger charge is -2.07. The van der Waals surface area contributed by atoms with Crippen molar-refractivity contribution < 1.29 is 9.85 Å². The molecule has 0 spiro atoms. The molecule has 0 aliphatic rings. The molecule has 94 valence electrons. The van der Waals surface area contributed by atoms with E-state index in [0.717, 1.165) is 0 Å². The number of nitro groups is 2. The molecule has 0 saturated heterocycles. The largest absolute Gasteiger partial charge is 0.789 e. The summed E-state index contributed by atoms with van der Waals surface area (Å²) >= 11 is 0. The topological polar surface area (TPSA) is 192 Å². The third-order valence-electron chi connectivity index (χ3n) is 2.25. The summed E-state index contributed by atoms with van der Waals surface area (Å²) in [6.07, 6.45) is 0. The van der Waals surface area contributed by atoms with Crippen LogP contribution in [0.5, 0.6) is 0 Å². The van der Waals surface area contributed by atoms with E-state index >= 15 is 0 Å². The Kier molecular flexibility index (Phi) is 2.14. The van der Waals surface area contributed by atoms with Crippen LogP contribution in [-0.2, 0) is 0 Å². The van der Waals surface area contributed by atoms with Crippen LogP contribution >= 0.6 is 0 Å². The van der Waals surface area contributed by atoms with Gasteiger partial charge in [0.1, 0.15) is 11.2 Å². The molecular formula is C6H4N7O5-. The third kappa shape index (κ3) is 1.25. The first-order chi connectivity index (χ1) is 8.36. The minimum atomic E-state index is -1.01. The first-order valence-corrected chi connectivity index (χ1v) is 4.28. The van der Waals surface area contributed by atoms with Gasteiger partial charge in [0, 0.05) is 0 Å². The zero-order chi connectivity index (χ0) is 13.6. The Morgan fingerprint density at radius 2 is 1.61 bits per heavy atom. The summed E-state index contributed by atoms with van der Waals surface area (Å²) in [5.41, 5.74) is 6.51. The quantitative estimate of drug-likeness (QED) is 0.413. The first kappa shape index (κ1) is 11.3. The van der Waals surface area contributed by atoms with Gasteiger partial charge in [-0.25, -0.2) is 0 Å². The lowest BCUT2D eigenvalue weighted by Crippen LogP contribution is -2.06. The van der Waals surface area contributed by atoms with E-state index in [1.165, 1.54) is 0 Å². The van der Waals surface area contributed by atoms with Gasteiger partial charge in [-0.15, -0.1) is 5.10 Å². The summed E-state index contributed by atoms with van der Waals surface area (Å²) in [6.45, 7) is 0. The zero-order valence-electron chi connectivity index (χ0n) is 8.43. The van der Waals surface area contributed by atoms with Crippen molar-refractivity contribution >= 4 is 33.8 Å². The molecule has 0 bridgehead atoms. The van der Waals surface area contributed by atoms with Crippen molar-refractivity contribution in [1.29, 1.82) is 0 Å². The van der Waals surface area contributed by atoms with Gasteiger partial charge in [0.2, 0.25) is 0 Å². The standard InChI is InChI=1S/C6H4N7O5/c7-1-4(12(15)16)2(8)6(13(17)18)3-5(1)11(14)10-9-3/h7-8H2/q-1. The summed E-state index contributed by atoms with van der Waals surface area (Å²) in [4.78, 5) is 19.4. The van der Waals surface area contributed by atoms with Crippen LogP contribution in [0.1, 0.15) is 0 Å². The predicted molar refractivity (Wildman–Crippen MR) is 58.4 cm³/mol. The molecule has 2 rings (SSSR count). The van der Waals surface area contributed by atoms with Gasteiger partial charge in [-0.3, -0.25) is 25.1 Å². The lowest BCUT2D eigenvalue weighted by molar-refractivity contribution is -0.390. The fraction of sp³-hybridized carbons (Fsp3) is 0. The Balaban J connectivity index is 3.08. The van der Waals surface area contributed by atoms with Gasteiger partial charge in [0.15, 0.2) is 11.2 Å². The Morgan fingerprint density at radius 1 is 1.06 bits per heavy atom. The van der Waals surface area contributed by atoms with E-state index in [2.05, 4.69) is 10.3 Å². The van der Waals surface area contributed by atoms with Crippen molar-refractivity contribution in [2.75, 3.05) is 11.5 Å². The second-order valence-electron chi connectivity index (χ2n) is 3.20. The molecule has 12 heteroatoms. The molecule has 2 aromatic rings. The number of fused-ring (bicyclic) bond motifs is 1. The van der Waals surface area contributed by atoms with Gasteiger partial charge in [0.25, 0.3) is 0 Å². The number of benzene rings is 1. The Bertz CT molecular complexity index is 691. The van der Waals surface area contributed by atoms with Crippen molar-refractivity contribution in [1.82, 2.24) is 15.2 Å². The third-order valence-corrected chi connectivity index (χ3v) is 2.25. The molecule has 12 nitrogen and oxygen atoms in total. The van der Waals surface area contributed by atoms with E-state index in [0.29, 0.717) is 0 Å². The highest BCUT2D eigenvalue weighted by Gasteiger charge is 2.33. The number of rotatable bonds is 2. The number of hydrogen-bond donors (Lipinski definition) is 2. The van der Waals surface area contributed by atoms with E-state index in [1.807, 2.05) is 0 Å². The van der Waals surface area contributed by atoms with Crippen LogP contribution in [0.3, 0.4) is 0 Å². The maximum absolute atomic E-state index is 11.2. The maximum Gasteiger partial charge on any atom is 0.328 e. The maximum atomic E-state index is 11.2. The molecule has 1 aromatic carbocycles. The average Bonchev–Trinajstić information content (AvgIpc) is 2.59. The molecule has 1 aromatic heterocycles. The number of hydrogen-bond acceptors (Lipinski definition) is 9. The number of anilines is 2. The molecule has 0 aliphatic carbocycles. The van der Waals surface area contributed by atoms with E-state index in [1.54, 1.807) is 0 Å². The molecule has 0 radical (unpaired) electrons. The number of aromatic nitrogens is 3. The molecule has 0 amide bonds. The molecule has 4 N–H and O–H groups in total. The molecular weight excluding hydrogens is 250 g/mol. The SMILES string of the molecule is Nc1c([N+](=O)[O-])c(N)c2c(nnn2[O-])c1[N+](=O)[O-]. The van der Waals surface area contributed by atoms with Crippen molar-refractivity contribution in [2.24, 2.45) is 0 Å². The Morgan fingerprint density at radius 3 is 2.11 bits per heavy atom. The highest BCUT2D eigenvalue weighted by atomic mass is 16.6. The van der Waals surface area contributed by atoms with Crippen LogP contribution in [0.4, 0.5) is 22.7 Å². The fourth-order valence-corrected chi connectivity index (χ4v) is 1.54. The summed E-state index contributed by atoms with van der Waals surface area (Å²) < 4.78 is 0. The van der Waals surface area contributed by atoms with Gasteiger partial charge in [-0.2, -0.15) is 0 Å². The van der Waals surface area contributed by atoms with Crippen molar-refractivity contribution in [3.05, 3.63) is 25.4 Å². The molecule has 0 atom stereocenters. The van der Waals surface area contributed by atoms with Crippen molar-refractivity contribution in [3.8, 4) is 0 Å². The van der Waals surface area contributed by atoms with Crippen LogP contribution in [0.2, 0.25) is 0 Å². The van der Waals surface area contributed by atoms with E-state index < -0.39 is 43.6 Å². The Labute approximate surface area is 96.6 Å². The lowest BCUT2D eigenvalue weighted by atomic mass is 10.1. The first-order valence-electron chi connectivity index (χ1n) is 4.28. The fourth-order valence-electron chi connectivity index (χ4n) is 1.54. The summed E-state index contributed by atoms with van der Waals surface area (Å²) in [5.74, 6) is 0. The molecule has 0 fully saturated rings. The molecule has 18 heavy (non-hydrogen) atoms. The smallest absolute Gasteiger partial charge is 0.328 e. The van der Waals surface area contributed by atoms with Crippen LogP contribution in [-0.4, -0.2) is 25.0 Å². The number of nitrogen functional groups attached to an aromatic ring is 2. The number of nitrogens with zero attached hydrogens (tertiary/aromatic N) is 5. The monoisotopic (exact) mass is 254 g/mol. The zero-order valence-corrected chi connectivity index (χ0v) is 8.43. The van der Waals surface area contributed by atoms with Crippen LogP contribution in [0.25, 0.3) is 11.0 Å². The van der Waals surface area contributed by atoms with Gasteiger partial charge < -0.3 is 16.7 Å². The number of nitrogens with two attached hydrogens (primary N) is 2. The minimum Gasteiger partial charge on any atom is -0.789 e. The molecule has 0 unspecified atom stereocenters. The normalized spacial score (nSPS) is 10.7. The second-order valence-corrected chi connectivity index (χ2v) is 3.20. The van der Waals surface area contributed by atoms with Gasteiger partial charge >= 0.3 is 11.4 Å². The van der Waals surface area contributed by atoms with Gasteiger partial charge in [0.05, 0.1) is 9.85 Å². The summed E-state index contributed by atoms with van der Waals surface area (Å²) in [7, 11) is 0. The molecule has 1 heterocycles. The predicted octanol–water partition coefficient (Wildman–Crippen LogP) is -0.242. The average molecular weight is 254 g/mol. The van der Waals surface area contributed by atoms with Crippen molar-refractivity contribution in [2.45, 2.75) is 0 Å². The molecule has 0 saturated carbocycles. The van der Waals surface area contributed by atoms with Gasteiger partial charge in [-0.1, -0.05) is 5.21 Å². The number of nitro benzene ring substituents is 2. The highest BCUT2D eigenvalue weighted by molar-refractivity contribution is 6.05. The summed E-state index contributed by atoms with van der Waals surface area (Å²) in [6, 6.07) is 0. The van der Waals surface area contributed by atoms with Crippen LogP contribution < -0.4 is 11.5 Å². The second kappa shape index (κ2) is 3.41. The van der Waals surface area contributed by atoms with E-state index in [4.69, 9.17) is 11.5 Å². The van der Waals surface area contributed by atoms with Crippen LogP contribution in [0.15, 0.2) is 0 Å². The molecule has 0 aliphatic heterocycles. The van der Waals surface area contributed by atoms with E-state index in [9.17, 15) is 25.4 Å². The van der Waals surface area contributed by atoms with E-state index in [-0.39, 0.29) is 4.85 Å². The van der Waals surface area contributed by atoms with Gasteiger partial charge in [-0.05, 0) is 0 Å². The minimum absolute atomic E-state index is 0.135.